The van der Waals surface area contributed by atoms with Gasteiger partial charge in [-0.25, -0.2) is 4.79 Å². The maximum absolute atomic E-state index is 12.8. The van der Waals surface area contributed by atoms with Crippen molar-refractivity contribution in [3.05, 3.63) is 22.6 Å². The normalized spacial score (nSPS) is 29.0. The Labute approximate surface area is 131 Å². The number of hydrogen-bond donors (Lipinski definition) is 1. The smallest absolute Gasteiger partial charge is 0.326 e. The first-order chi connectivity index (χ1) is 10.1. The average Bonchev–Trinajstić information content (AvgIpc) is 2.91. The molecule has 2 aliphatic rings. The van der Waals surface area contributed by atoms with Crippen molar-refractivity contribution >= 4 is 27.8 Å². The van der Waals surface area contributed by atoms with Gasteiger partial charge >= 0.3 is 5.97 Å². The molecule has 2 fully saturated rings. The number of aliphatic carboxylic acids is 1. The van der Waals surface area contributed by atoms with E-state index in [-0.39, 0.29) is 11.9 Å². The molecule has 21 heavy (non-hydrogen) atoms. The molecule has 114 valence electrons. The van der Waals surface area contributed by atoms with Gasteiger partial charge in [0.15, 0.2) is 4.67 Å². The van der Waals surface area contributed by atoms with E-state index in [1.165, 1.54) is 12.7 Å². The highest BCUT2D eigenvalue weighted by molar-refractivity contribution is 9.10. The first kappa shape index (κ1) is 14.6. The standard InChI is InChI=1S/C15H18BrNO4/c16-13-10(7-8-21-13)14(18)17-11-4-2-1-3-9(11)5-6-12(17)15(19)20/h7-9,11-12H,1-6H2,(H,19,20). The van der Waals surface area contributed by atoms with Crippen LogP contribution in [0.1, 0.15) is 48.9 Å². The summed E-state index contributed by atoms with van der Waals surface area (Å²) >= 11 is 3.22. The lowest BCUT2D eigenvalue weighted by molar-refractivity contribution is -0.146. The third-order valence-corrected chi connectivity index (χ3v) is 5.35. The van der Waals surface area contributed by atoms with Crippen molar-refractivity contribution in [2.24, 2.45) is 5.92 Å². The molecule has 6 heteroatoms. The Morgan fingerprint density at radius 2 is 2.00 bits per heavy atom. The van der Waals surface area contributed by atoms with Gasteiger partial charge in [-0.05, 0) is 53.6 Å². The predicted molar refractivity (Wildman–Crippen MR) is 79.0 cm³/mol. The molecule has 3 unspecified atom stereocenters. The van der Waals surface area contributed by atoms with Crippen LogP contribution in [0.4, 0.5) is 0 Å². The van der Waals surface area contributed by atoms with Crippen molar-refractivity contribution in [2.75, 3.05) is 0 Å². The fourth-order valence-electron chi connectivity index (χ4n) is 3.75. The minimum atomic E-state index is -0.910. The van der Waals surface area contributed by atoms with Crippen molar-refractivity contribution < 1.29 is 19.1 Å². The maximum Gasteiger partial charge on any atom is 0.326 e. The van der Waals surface area contributed by atoms with Crippen LogP contribution in [0.15, 0.2) is 21.4 Å². The van der Waals surface area contributed by atoms with Crippen molar-refractivity contribution in [1.29, 1.82) is 0 Å². The number of carbonyl (C=O) groups excluding carboxylic acids is 1. The van der Waals surface area contributed by atoms with E-state index in [0.717, 1.165) is 25.7 Å². The van der Waals surface area contributed by atoms with Gasteiger partial charge in [0.25, 0.3) is 5.91 Å². The molecule has 3 atom stereocenters. The van der Waals surface area contributed by atoms with Crippen LogP contribution in [0.5, 0.6) is 0 Å². The first-order valence-corrected chi connectivity index (χ1v) is 8.17. The monoisotopic (exact) mass is 355 g/mol. The molecule has 1 amide bonds. The van der Waals surface area contributed by atoms with Gasteiger partial charge in [0, 0.05) is 6.04 Å². The van der Waals surface area contributed by atoms with Crippen LogP contribution in [-0.2, 0) is 4.79 Å². The summed E-state index contributed by atoms with van der Waals surface area (Å²) in [5.41, 5.74) is 0.410. The second-order valence-electron chi connectivity index (χ2n) is 5.86. The molecular weight excluding hydrogens is 338 g/mol. The Morgan fingerprint density at radius 3 is 2.67 bits per heavy atom. The third kappa shape index (κ3) is 2.61. The molecule has 0 bridgehead atoms. The molecule has 0 spiro atoms. The first-order valence-electron chi connectivity index (χ1n) is 7.38. The van der Waals surface area contributed by atoms with E-state index in [1.54, 1.807) is 11.0 Å². The maximum atomic E-state index is 12.8. The lowest BCUT2D eigenvalue weighted by Gasteiger charge is -2.47. The molecule has 1 aromatic rings. The summed E-state index contributed by atoms with van der Waals surface area (Å²) in [6, 6.07) is 0.916. The Hall–Kier alpha value is -1.30. The van der Waals surface area contributed by atoms with E-state index >= 15 is 0 Å². The van der Waals surface area contributed by atoms with Gasteiger partial charge < -0.3 is 14.4 Å². The topological polar surface area (TPSA) is 70.8 Å². The Bertz CT molecular complexity index is 556. The van der Waals surface area contributed by atoms with E-state index in [0.29, 0.717) is 22.6 Å². The highest BCUT2D eigenvalue weighted by atomic mass is 79.9. The van der Waals surface area contributed by atoms with Crippen molar-refractivity contribution in [1.82, 2.24) is 4.90 Å². The second-order valence-corrected chi connectivity index (χ2v) is 6.58. The van der Waals surface area contributed by atoms with Crippen LogP contribution in [0.25, 0.3) is 0 Å². The lowest BCUT2D eigenvalue weighted by atomic mass is 9.76. The number of nitrogens with zero attached hydrogens (tertiary/aromatic N) is 1. The quantitative estimate of drug-likeness (QED) is 0.883. The summed E-state index contributed by atoms with van der Waals surface area (Å²) in [6.07, 6.45) is 7.11. The number of fused-ring (bicyclic) bond motifs is 1. The van der Waals surface area contributed by atoms with Gasteiger partial charge in [0.1, 0.15) is 6.04 Å². The summed E-state index contributed by atoms with van der Waals surface area (Å²) in [5.74, 6) is -0.712. The molecule has 1 aliphatic heterocycles. The minimum Gasteiger partial charge on any atom is -0.480 e. The number of rotatable bonds is 2. The van der Waals surface area contributed by atoms with Gasteiger partial charge in [-0.15, -0.1) is 0 Å². The third-order valence-electron chi connectivity index (χ3n) is 4.74. The fourth-order valence-corrected chi connectivity index (χ4v) is 4.16. The molecule has 2 heterocycles. The van der Waals surface area contributed by atoms with Crippen molar-refractivity contribution in [3.8, 4) is 0 Å². The van der Waals surface area contributed by atoms with Gasteiger partial charge in [0.05, 0.1) is 11.8 Å². The van der Waals surface area contributed by atoms with E-state index in [4.69, 9.17) is 4.42 Å². The average molecular weight is 356 g/mol. The summed E-state index contributed by atoms with van der Waals surface area (Å²) in [4.78, 5) is 26.0. The number of hydrogen-bond acceptors (Lipinski definition) is 3. The molecule has 1 saturated carbocycles. The zero-order valence-electron chi connectivity index (χ0n) is 11.6. The number of carbonyl (C=O) groups is 2. The largest absolute Gasteiger partial charge is 0.480 e. The number of halogens is 1. The summed E-state index contributed by atoms with van der Waals surface area (Å²) in [6.45, 7) is 0. The number of piperidine rings is 1. The van der Waals surface area contributed by atoms with E-state index in [2.05, 4.69) is 15.9 Å². The fraction of sp³-hybridized carbons (Fsp3) is 0.600. The number of carboxylic acids is 1. The van der Waals surface area contributed by atoms with Crippen molar-refractivity contribution in [2.45, 2.75) is 50.6 Å². The molecule has 0 aromatic carbocycles. The van der Waals surface area contributed by atoms with Crippen LogP contribution in [0.2, 0.25) is 0 Å². The van der Waals surface area contributed by atoms with Gasteiger partial charge in [0.2, 0.25) is 0 Å². The number of furan rings is 1. The molecule has 0 radical (unpaired) electrons. The highest BCUT2D eigenvalue weighted by Crippen LogP contribution is 2.39. The van der Waals surface area contributed by atoms with E-state index in [9.17, 15) is 14.7 Å². The van der Waals surface area contributed by atoms with Crippen LogP contribution in [-0.4, -0.2) is 34.0 Å². The Balaban J connectivity index is 1.94. The van der Waals surface area contributed by atoms with E-state index < -0.39 is 12.0 Å². The molecule has 1 aromatic heterocycles. The molecule has 1 saturated heterocycles. The van der Waals surface area contributed by atoms with Crippen molar-refractivity contribution in [3.63, 3.8) is 0 Å². The van der Waals surface area contributed by atoms with Gasteiger partial charge in [-0.3, -0.25) is 4.79 Å². The highest BCUT2D eigenvalue weighted by Gasteiger charge is 2.44. The molecule has 1 aliphatic carbocycles. The van der Waals surface area contributed by atoms with Crippen LogP contribution >= 0.6 is 15.9 Å². The summed E-state index contributed by atoms with van der Waals surface area (Å²) in [5, 5.41) is 9.49. The predicted octanol–water partition coefficient (Wildman–Crippen LogP) is 3.29. The van der Waals surface area contributed by atoms with Gasteiger partial charge in [-0.2, -0.15) is 0 Å². The summed E-state index contributed by atoms with van der Waals surface area (Å²) in [7, 11) is 0. The Morgan fingerprint density at radius 1 is 1.24 bits per heavy atom. The molecular formula is C15H18BrNO4. The summed E-state index contributed by atoms with van der Waals surface area (Å²) < 4.78 is 5.50. The number of likely N-dealkylation sites (tertiary alicyclic amines) is 1. The van der Waals surface area contributed by atoms with Crippen LogP contribution in [0.3, 0.4) is 0 Å². The van der Waals surface area contributed by atoms with E-state index in [1.807, 2.05) is 0 Å². The SMILES string of the molecule is O=C(O)C1CCC2CCCCC2N1C(=O)c1ccoc1Br. The zero-order valence-corrected chi connectivity index (χ0v) is 13.2. The number of carboxylic acid groups (broad SMARTS) is 1. The molecule has 3 rings (SSSR count). The molecule has 5 nitrogen and oxygen atoms in total. The van der Waals surface area contributed by atoms with Crippen LogP contribution in [0, 0.1) is 5.92 Å². The Kier molecular flexibility index (Phi) is 4.06. The second kappa shape index (κ2) is 5.83. The minimum absolute atomic E-state index is 0.0444. The number of amides is 1. The van der Waals surface area contributed by atoms with Crippen LogP contribution < -0.4 is 0 Å². The van der Waals surface area contributed by atoms with Gasteiger partial charge in [-0.1, -0.05) is 12.8 Å². The lowest BCUT2D eigenvalue weighted by Crippen LogP contribution is -2.57. The molecule has 1 N–H and O–H groups in total. The zero-order chi connectivity index (χ0) is 15.0.